The highest BCUT2D eigenvalue weighted by atomic mass is 79.9. The number of aromatic nitrogens is 1. The van der Waals surface area contributed by atoms with Crippen molar-refractivity contribution in [2.45, 2.75) is 6.54 Å². The largest absolute Gasteiger partial charge is 0.508 e. The smallest absolute Gasteiger partial charge is 0.120 e. The highest BCUT2D eigenvalue weighted by Gasteiger charge is 1.99. The molecule has 3 nitrogen and oxygen atoms in total. The quantitative estimate of drug-likeness (QED) is 0.907. The monoisotopic (exact) mass is 278 g/mol. The molecule has 0 fully saturated rings. The summed E-state index contributed by atoms with van der Waals surface area (Å²) in [6.45, 7) is 0.574. The van der Waals surface area contributed by atoms with Crippen LogP contribution in [0.1, 0.15) is 5.56 Å². The second kappa shape index (κ2) is 4.99. The van der Waals surface area contributed by atoms with Crippen molar-refractivity contribution >= 4 is 21.6 Å². The zero-order valence-electron chi connectivity index (χ0n) is 8.52. The van der Waals surface area contributed by atoms with Crippen LogP contribution in [0.3, 0.4) is 0 Å². The zero-order chi connectivity index (χ0) is 11.4. The Labute approximate surface area is 102 Å². The minimum atomic E-state index is 0.304. The molecule has 0 spiro atoms. The van der Waals surface area contributed by atoms with Crippen molar-refractivity contribution in [2.24, 2.45) is 0 Å². The van der Waals surface area contributed by atoms with Crippen molar-refractivity contribution in [3.05, 3.63) is 52.8 Å². The third-order valence-corrected chi connectivity index (χ3v) is 2.61. The van der Waals surface area contributed by atoms with Crippen LogP contribution in [0.4, 0.5) is 5.69 Å². The van der Waals surface area contributed by atoms with Gasteiger partial charge in [-0.15, -0.1) is 0 Å². The Kier molecular flexibility index (Phi) is 3.41. The van der Waals surface area contributed by atoms with Crippen molar-refractivity contribution in [3.8, 4) is 5.75 Å². The first kappa shape index (κ1) is 11.0. The summed E-state index contributed by atoms with van der Waals surface area (Å²) in [6.07, 6.45) is 3.47. The molecule has 16 heavy (non-hydrogen) atoms. The van der Waals surface area contributed by atoms with Gasteiger partial charge < -0.3 is 10.4 Å². The zero-order valence-corrected chi connectivity index (χ0v) is 10.1. The Balaban J connectivity index is 2.05. The summed E-state index contributed by atoms with van der Waals surface area (Å²) in [5, 5.41) is 12.8. The molecule has 0 saturated heterocycles. The Bertz CT molecular complexity index is 488. The number of rotatable bonds is 3. The van der Waals surface area contributed by atoms with Gasteiger partial charge in [-0.05, 0) is 28.1 Å². The first-order chi connectivity index (χ1) is 7.75. The lowest BCUT2D eigenvalue weighted by molar-refractivity contribution is 0.469. The van der Waals surface area contributed by atoms with E-state index in [0.717, 1.165) is 15.7 Å². The van der Waals surface area contributed by atoms with Crippen molar-refractivity contribution < 1.29 is 5.11 Å². The average molecular weight is 279 g/mol. The van der Waals surface area contributed by atoms with Gasteiger partial charge >= 0.3 is 0 Å². The number of halogens is 1. The van der Waals surface area contributed by atoms with E-state index in [1.807, 2.05) is 18.2 Å². The van der Waals surface area contributed by atoms with Gasteiger partial charge in [0.05, 0.1) is 11.9 Å². The maximum atomic E-state index is 9.58. The predicted octanol–water partition coefficient (Wildman–Crippen LogP) is 3.16. The van der Waals surface area contributed by atoms with Gasteiger partial charge in [0.2, 0.25) is 0 Å². The highest BCUT2D eigenvalue weighted by Crippen LogP contribution is 2.18. The lowest BCUT2D eigenvalue weighted by Gasteiger charge is -2.07. The third-order valence-electron chi connectivity index (χ3n) is 2.18. The maximum Gasteiger partial charge on any atom is 0.120 e. The molecule has 1 aromatic carbocycles. The number of benzene rings is 1. The molecule has 82 valence electrons. The van der Waals surface area contributed by atoms with Gasteiger partial charge in [-0.25, -0.2) is 0 Å². The lowest BCUT2D eigenvalue weighted by Crippen LogP contribution is -1.99. The fourth-order valence-corrected chi connectivity index (χ4v) is 1.73. The fourth-order valence-electron chi connectivity index (χ4n) is 1.37. The molecule has 0 aliphatic carbocycles. The standard InChI is InChI=1S/C12H11BrN2O/c13-10-5-11(8-14-7-10)15-6-9-3-1-2-4-12(9)16/h1-5,7-8,15-16H,6H2. The first-order valence-corrected chi connectivity index (χ1v) is 5.66. The normalized spacial score (nSPS) is 10.1. The van der Waals surface area contributed by atoms with Crippen LogP contribution in [0.5, 0.6) is 5.75 Å². The Morgan fingerprint density at radius 2 is 2.06 bits per heavy atom. The van der Waals surface area contributed by atoms with Crippen LogP contribution in [0, 0.1) is 0 Å². The number of hydrogen-bond acceptors (Lipinski definition) is 3. The Morgan fingerprint density at radius 3 is 2.81 bits per heavy atom. The van der Waals surface area contributed by atoms with E-state index in [1.54, 1.807) is 24.5 Å². The van der Waals surface area contributed by atoms with Gasteiger partial charge in [-0.3, -0.25) is 4.98 Å². The molecular formula is C12H11BrN2O. The van der Waals surface area contributed by atoms with Crippen LogP contribution in [0.25, 0.3) is 0 Å². The summed E-state index contributed by atoms with van der Waals surface area (Å²) in [5.41, 5.74) is 1.78. The molecule has 2 aromatic rings. The lowest BCUT2D eigenvalue weighted by atomic mass is 10.2. The molecule has 0 radical (unpaired) electrons. The summed E-state index contributed by atoms with van der Waals surface area (Å²) in [4.78, 5) is 4.05. The number of phenols is 1. The first-order valence-electron chi connectivity index (χ1n) is 4.87. The molecule has 0 saturated carbocycles. The molecule has 0 aliphatic rings. The van der Waals surface area contributed by atoms with Crippen LogP contribution in [-0.2, 0) is 6.54 Å². The van der Waals surface area contributed by atoms with E-state index in [0.29, 0.717) is 12.3 Å². The van der Waals surface area contributed by atoms with E-state index in [9.17, 15) is 5.11 Å². The molecule has 0 atom stereocenters. The van der Waals surface area contributed by atoms with E-state index >= 15 is 0 Å². The molecule has 1 aromatic heterocycles. The molecule has 4 heteroatoms. The topological polar surface area (TPSA) is 45.1 Å². The van der Waals surface area contributed by atoms with Crippen LogP contribution < -0.4 is 5.32 Å². The number of nitrogens with zero attached hydrogens (tertiary/aromatic N) is 1. The summed E-state index contributed by atoms with van der Waals surface area (Å²) < 4.78 is 0.926. The molecule has 0 aliphatic heterocycles. The van der Waals surface area contributed by atoms with Crippen LogP contribution >= 0.6 is 15.9 Å². The SMILES string of the molecule is Oc1ccccc1CNc1cncc(Br)c1. The highest BCUT2D eigenvalue weighted by molar-refractivity contribution is 9.10. The third kappa shape index (κ3) is 2.73. The number of pyridine rings is 1. The second-order valence-corrected chi connectivity index (χ2v) is 4.29. The van der Waals surface area contributed by atoms with E-state index in [1.165, 1.54) is 0 Å². The van der Waals surface area contributed by atoms with Gasteiger partial charge in [0, 0.05) is 22.8 Å². The fraction of sp³-hybridized carbons (Fsp3) is 0.0833. The average Bonchev–Trinajstić information content (AvgIpc) is 2.28. The van der Waals surface area contributed by atoms with E-state index < -0.39 is 0 Å². The van der Waals surface area contributed by atoms with Gasteiger partial charge in [0.25, 0.3) is 0 Å². The molecule has 2 N–H and O–H groups in total. The number of aromatic hydroxyl groups is 1. The number of para-hydroxylation sites is 1. The van der Waals surface area contributed by atoms with Crippen LogP contribution in [0.2, 0.25) is 0 Å². The van der Waals surface area contributed by atoms with Crippen LogP contribution in [-0.4, -0.2) is 10.1 Å². The van der Waals surface area contributed by atoms with Gasteiger partial charge in [-0.1, -0.05) is 18.2 Å². The number of anilines is 1. The summed E-state index contributed by atoms with van der Waals surface area (Å²) in [5.74, 6) is 0.304. The van der Waals surface area contributed by atoms with E-state index in [2.05, 4.69) is 26.2 Å². The van der Waals surface area contributed by atoms with Crippen molar-refractivity contribution in [1.29, 1.82) is 0 Å². The van der Waals surface area contributed by atoms with E-state index in [4.69, 9.17) is 0 Å². The maximum absolute atomic E-state index is 9.58. The molecule has 0 amide bonds. The predicted molar refractivity (Wildman–Crippen MR) is 67.4 cm³/mol. The van der Waals surface area contributed by atoms with Gasteiger partial charge in [0.15, 0.2) is 0 Å². The number of phenolic OH excluding ortho intramolecular Hbond substituents is 1. The van der Waals surface area contributed by atoms with Crippen molar-refractivity contribution in [2.75, 3.05) is 5.32 Å². The van der Waals surface area contributed by atoms with Crippen molar-refractivity contribution in [3.63, 3.8) is 0 Å². The van der Waals surface area contributed by atoms with Crippen molar-refractivity contribution in [1.82, 2.24) is 4.98 Å². The molecular weight excluding hydrogens is 268 g/mol. The van der Waals surface area contributed by atoms with Crippen LogP contribution in [0.15, 0.2) is 47.2 Å². The van der Waals surface area contributed by atoms with E-state index in [-0.39, 0.29) is 0 Å². The summed E-state index contributed by atoms with van der Waals surface area (Å²) >= 11 is 3.35. The summed E-state index contributed by atoms with van der Waals surface area (Å²) in [7, 11) is 0. The number of hydrogen-bond donors (Lipinski definition) is 2. The number of nitrogens with one attached hydrogen (secondary N) is 1. The Morgan fingerprint density at radius 1 is 1.25 bits per heavy atom. The molecule has 0 unspecified atom stereocenters. The molecule has 0 bridgehead atoms. The van der Waals surface area contributed by atoms with Gasteiger partial charge in [0.1, 0.15) is 5.75 Å². The molecule has 1 heterocycles. The second-order valence-electron chi connectivity index (χ2n) is 3.37. The molecule has 2 rings (SSSR count). The Hall–Kier alpha value is -1.55. The summed E-state index contributed by atoms with van der Waals surface area (Å²) in [6, 6.07) is 9.20. The minimum absolute atomic E-state index is 0.304. The minimum Gasteiger partial charge on any atom is -0.508 e. The van der Waals surface area contributed by atoms with Gasteiger partial charge in [-0.2, -0.15) is 0 Å².